The topological polar surface area (TPSA) is 50.5 Å². The van der Waals surface area contributed by atoms with Crippen LogP contribution in [0.25, 0.3) is 55.5 Å². The highest BCUT2D eigenvalue weighted by atomic mass is 32.1. The van der Waals surface area contributed by atoms with Crippen LogP contribution < -0.4 is 10.7 Å². The molecule has 2 aliphatic rings. The van der Waals surface area contributed by atoms with E-state index in [9.17, 15) is 9.59 Å². The molecule has 0 N–H and O–H groups in total. The highest BCUT2D eigenvalue weighted by Gasteiger charge is 2.40. The summed E-state index contributed by atoms with van der Waals surface area (Å²) in [5.74, 6) is -0.725. The molecule has 1 saturated heterocycles. The lowest BCUT2D eigenvalue weighted by Crippen LogP contribution is -2.53. The Kier molecular flexibility index (Phi) is 7.18. The van der Waals surface area contributed by atoms with Gasteiger partial charge in [0.05, 0.1) is 0 Å². The van der Waals surface area contributed by atoms with E-state index >= 15 is 0 Å². The van der Waals surface area contributed by atoms with E-state index in [1.807, 2.05) is 0 Å². The third kappa shape index (κ3) is 4.34. The molecule has 2 fully saturated rings. The maximum atomic E-state index is 13.9. The molecule has 7 heteroatoms. The van der Waals surface area contributed by atoms with Crippen molar-refractivity contribution in [3.8, 4) is 0 Å². The summed E-state index contributed by atoms with van der Waals surface area (Å²) in [5.41, 5.74) is 5.25. The fourth-order valence-corrected chi connectivity index (χ4v) is 8.05. The molecule has 1 aliphatic heterocycles. The number of carbonyl (C=O) groups excluding carboxylic acids is 2. The number of likely N-dealkylation sites (N-methyl/N-ethyl adjacent to an activating group) is 2. The van der Waals surface area contributed by atoms with Crippen LogP contribution in [-0.2, 0) is 22.7 Å². The van der Waals surface area contributed by atoms with E-state index in [1.54, 1.807) is 14.1 Å². The molecule has 0 radical (unpaired) electrons. The lowest BCUT2D eigenvalue weighted by Gasteiger charge is -2.33. The first-order valence-corrected chi connectivity index (χ1v) is 17.0. The average Bonchev–Trinajstić information content (AvgIpc) is 3.76. The fourth-order valence-electron chi connectivity index (χ4n) is 7.89. The molecule has 0 atom stereocenters. The minimum Gasteiger partial charge on any atom is -0.341 e. The number of aromatic nitrogens is 2. The van der Waals surface area contributed by atoms with Crippen LogP contribution in [0.3, 0.4) is 0 Å². The Balaban J connectivity index is 1.37. The van der Waals surface area contributed by atoms with E-state index in [0.29, 0.717) is 18.4 Å². The Morgan fingerprint density at radius 3 is 1.44 bits per heavy atom. The van der Waals surface area contributed by atoms with E-state index in [4.69, 9.17) is 12.2 Å². The zero-order valence-electron chi connectivity index (χ0n) is 27.6. The summed E-state index contributed by atoms with van der Waals surface area (Å²) < 4.78 is 4.68. The van der Waals surface area contributed by atoms with Crippen molar-refractivity contribution >= 4 is 84.6 Å². The van der Waals surface area contributed by atoms with Gasteiger partial charge >= 0.3 is 0 Å². The number of rotatable bonds is 4. The van der Waals surface area contributed by atoms with Crippen molar-refractivity contribution in [3.05, 3.63) is 118 Å². The van der Waals surface area contributed by atoms with E-state index in [-0.39, 0.29) is 22.5 Å². The number of thiocarbonyl (C=S) groups is 1. The summed E-state index contributed by atoms with van der Waals surface area (Å²) in [6.45, 7) is 5.97. The van der Waals surface area contributed by atoms with Gasteiger partial charge in [0.1, 0.15) is 5.57 Å². The van der Waals surface area contributed by atoms with Crippen LogP contribution in [0.2, 0.25) is 0 Å². The number of hydrogen-bond donors (Lipinski definition) is 0. The quantitative estimate of drug-likeness (QED) is 0.120. The van der Waals surface area contributed by atoms with Crippen molar-refractivity contribution < 1.29 is 9.59 Å². The lowest BCUT2D eigenvalue weighted by molar-refractivity contribution is -0.132. The van der Waals surface area contributed by atoms with Crippen LogP contribution in [0.1, 0.15) is 26.7 Å². The molecular formula is C41H36N4O2S. The standard InChI is InChI=1S/C41H36N4O2S/c1-5-44-31(29-15-7-11-25-13-9-17-33(44)36(25)29)23-21-27-19-20-28(35(27)38-39(46)42(3)41(48)43(4)40(38)47)22-24-32-30-16-8-12-26-14-10-18-34(37(26)30)45(32)6-2/h7-18,21-24H,5-6,19-20H2,1-4H3/b27-21-,28-22+,31-23-,32-24-. The van der Waals surface area contributed by atoms with Crippen molar-refractivity contribution in [2.45, 2.75) is 39.8 Å². The van der Waals surface area contributed by atoms with Gasteiger partial charge in [0, 0.05) is 70.5 Å². The van der Waals surface area contributed by atoms with Crippen molar-refractivity contribution in [3.63, 3.8) is 0 Å². The number of benzene rings is 4. The second-order valence-electron chi connectivity index (χ2n) is 12.6. The van der Waals surface area contributed by atoms with Gasteiger partial charge in [-0.3, -0.25) is 19.4 Å². The molecule has 3 heterocycles. The minimum atomic E-state index is -0.362. The smallest absolute Gasteiger partial charge is 0.266 e. The number of aryl methyl sites for hydroxylation is 2. The highest BCUT2D eigenvalue weighted by Crippen LogP contribution is 2.40. The van der Waals surface area contributed by atoms with E-state index in [1.165, 1.54) is 53.2 Å². The Bertz CT molecular complexity index is 2390. The first-order chi connectivity index (χ1) is 23.3. The summed E-state index contributed by atoms with van der Waals surface area (Å²) in [5, 5.41) is 9.77. The van der Waals surface area contributed by atoms with Crippen LogP contribution in [0.15, 0.2) is 107 Å². The van der Waals surface area contributed by atoms with Crippen LogP contribution in [-0.4, -0.2) is 50.0 Å². The third-order valence-corrected chi connectivity index (χ3v) is 10.7. The SMILES string of the molecule is CCn1/c(=C\C=C2\CC/C(=C\C=c3\c4cccc5cccc(c54)n3CC)C2=C2C(=O)N(C)C(=S)N(C)C2=O)c2cccc3cccc1c32. The van der Waals surface area contributed by atoms with Crippen molar-refractivity contribution in [2.75, 3.05) is 14.1 Å². The first kappa shape index (κ1) is 30.1. The number of hydrogen-bond acceptors (Lipinski definition) is 3. The molecule has 0 spiro atoms. The molecule has 0 bridgehead atoms. The maximum absolute atomic E-state index is 13.9. The van der Waals surface area contributed by atoms with Gasteiger partial charge in [-0.15, -0.1) is 0 Å². The Labute approximate surface area is 284 Å². The van der Waals surface area contributed by atoms with Crippen molar-refractivity contribution in [1.82, 2.24) is 18.9 Å². The van der Waals surface area contributed by atoms with Gasteiger partial charge in [0.15, 0.2) is 5.11 Å². The molecule has 2 amide bonds. The Morgan fingerprint density at radius 2 is 1.02 bits per heavy atom. The molecule has 4 aromatic carbocycles. The molecule has 2 aromatic heterocycles. The van der Waals surface area contributed by atoms with Gasteiger partial charge < -0.3 is 9.13 Å². The van der Waals surface area contributed by atoms with Gasteiger partial charge in [0.25, 0.3) is 11.8 Å². The largest absolute Gasteiger partial charge is 0.341 e. The number of carbonyl (C=O) groups is 2. The van der Waals surface area contributed by atoms with Gasteiger partial charge in [0.2, 0.25) is 0 Å². The van der Waals surface area contributed by atoms with Crippen LogP contribution in [0.4, 0.5) is 0 Å². The summed E-state index contributed by atoms with van der Waals surface area (Å²) >= 11 is 5.45. The van der Waals surface area contributed by atoms with E-state index in [0.717, 1.165) is 34.9 Å². The zero-order chi connectivity index (χ0) is 33.3. The van der Waals surface area contributed by atoms with Crippen molar-refractivity contribution in [1.29, 1.82) is 0 Å². The molecule has 238 valence electrons. The average molecular weight is 649 g/mol. The van der Waals surface area contributed by atoms with Gasteiger partial charge in [-0.1, -0.05) is 72.8 Å². The van der Waals surface area contributed by atoms with Crippen LogP contribution in [0, 0.1) is 0 Å². The number of nitrogens with zero attached hydrogens (tertiary/aromatic N) is 4. The normalized spacial score (nSPS) is 18.7. The highest BCUT2D eigenvalue weighted by molar-refractivity contribution is 7.80. The maximum Gasteiger partial charge on any atom is 0.266 e. The second kappa shape index (κ2) is 11.5. The monoisotopic (exact) mass is 648 g/mol. The summed E-state index contributed by atoms with van der Waals surface area (Å²) in [6, 6.07) is 25.8. The molecule has 8 rings (SSSR count). The van der Waals surface area contributed by atoms with E-state index in [2.05, 4.69) is 120 Å². The summed E-state index contributed by atoms with van der Waals surface area (Å²) in [4.78, 5) is 30.6. The third-order valence-electron chi connectivity index (χ3n) is 10.2. The molecule has 0 unspecified atom stereocenters. The zero-order valence-corrected chi connectivity index (χ0v) is 28.4. The first-order valence-electron chi connectivity index (χ1n) is 16.6. The molecule has 1 saturated carbocycles. The van der Waals surface area contributed by atoms with Gasteiger partial charge in [-0.2, -0.15) is 0 Å². The predicted octanol–water partition coefficient (Wildman–Crippen LogP) is 6.80. The molecular weight excluding hydrogens is 613 g/mol. The minimum absolute atomic E-state index is 0.175. The Hall–Kier alpha value is -5.27. The molecule has 6 nitrogen and oxygen atoms in total. The van der Waals surface area contributed by atoms with Gasteiger partial charge in [-0.25, -0.2) is 0 Å². The molecule has 48 heavy (non-hydrogen) atoms. The molecule has 6 aromatic rings. The van der Waals surface area contributed by atoms with Crippen LogP contribution in [0.5, 0.6) is 0 Å². The van der Waals surface area contributed by atoms with Crippen LogP contribution >= 0.6 is 12.2 Å². The van der Waals surface area contributed by atoms with Crippen molar-refractivity contribution in [2.24, 2.45) is 0 Å². The summed E-state index contributed by atoms with van der Waals surface area (Å²) in [7, 11) is 3.29. The fraction of sp³-hybridized carbons (Fsp3) is 0.195. The Morgan fingerprint density at radius 1 is 0.604 bits per heavy atom. The molecule has 1 aliphatic carbocycles. The summed E-state index contributed by atoms with van der Waals surface area (Å²) in [6.07, 6.45) is 10.0. The lowest BCUT2D eigenvalue weighted by atomic mass is 9.95. The number of amides is 2. The second-order valence-corrected chi connectivity index (χ2v) is 13.0. The predicted molar refractivity (Wildman–Crippen MR) is 200 cm³/mol. The van der Waals surface area contributed by atoms with E-state index < -0.39 is 0 Å². The van der Waals surface area contributed by atoms with Gasteiger partial charge in [-0.05, 0) is 90.7 Å². The number of allylic oxidation sites excluding steroid dienone is 5.